The van der Waals surface area contributed by atoms with E-state index in [0.717, 1.165) is 17.7 Å². The molecule has 3 N–H and O–H groups in total. The minimum absolute atomic E-state index is 0.0310. The molecule has 2 amide bonds. The van der Waals surface area contributed by atoms with E-state index in [1.165, 1.54) is 0 Å². The molecule has 1 unspecified atom stereocenters. The number of carbonyl (C=O) groups is 2. The lowest BCUT2D eigenvalue weighted by Gasteiger charge is -2.18. The third-order valence-electron chi connectivity index (χ3n) is 4.88. The summed E-state index contributed by atoms with van der Waals surface area (Å²) in [7, 11) is 1.63. The number of rotatable bonds is 10. The molecule has 0 saturated heterocycles. The smallest absolute Gasteiger partial charge is 0.253 e. The summed E-state index contributed by atoms with van der Waals surface area (Å²) in [5.74, 6) is 0.935. The number of methoxy groups -OCH3 is 1. The molecule has 0 fully saturated rings. The Morgan fingerprint density at radius 3 is 2.48 bits per heavy atom. The highest BCUT2D eigenvalue weighted by atomic mass is 16.5. The maximum atomic E-state index is 12.6. The first-order chi connectivity index (χ1) is 15.1. The number of hydrogen-bond acceptors (Lipinski definition) is 5. The molecule has 1 heterocycles. The fraction of sp³-hybridized carbons (Fsp3) is 0.250. The van der Waals surface area contributed by atoms with Gasteiger partial charge in [0.05, 0.1) is 37.7 Å². The largest absolute Gasteiger partial charge is 0.497 e. The van der Waals surface area contributed by atoms with Gasteiger partial charge in [-0.25, -0.2) is 0 Å². The molecule has 0 radical (unpaired) electrons. The van der Waals surface area contributed by atoms with Crippen molar-refractivity contribution in [3.8, 4) is 5.75 Å². The summed E-state index contributed by atoms with van der Waals surface area (Å²) in [6.07, 6.45) is 2.38. The predicted molar refractivity (Wildman–Crippen MR) is 119 cm³/mol. The van der Waals surface area contributed by atoms with Crippen molar-refractivity contribution in [3.05, 3.63) is 83.8 Å². The number of furan rings is 1. The molecule has 2 aromatic carbocycles. The van der Waals surface area contributed by atoms with E-state index in [1.807, 2.05) is 24.3 Å². The Labute approximate surface area is 181 Å². The Kier molecular flexibility index (Phi) is 7.84. The molecule has 0 aliphatic rings. The molecule has 0 aliphatic carbocycles. The molecule has 7 nitrogen and oxygen atoms in total. The van der Waals surface area contributed by atoms with E-state index in [2.05, 4.69) is 22.9 Å². The zero-order valence-corrected chi connectivity index (χ0v) is 17.7. The van der Waals surface area contributed by atoms with Gasteiger partial charge in [0.1, 0.15) is 11.5 Å². The maximum Gasteiger partial charge on any atom is 0.253 e. The van der Waals surface area contributed by atoms with Crippen molar-refractivity contribution in [3.63, 3.8) is 0 Å². The lowest BCUT2D eigenvalue weighted by Crippen LogP contribution is -2.32. The first kappa shape index (κ1) is 22.1. The van der Waals surface area contributed by atoms with Crippen LogP contribution < -0.4 is 20.7 Å². The van der Waals surface area contributed by atoms with Crippen LogP contribution in [0.5, 0.6) is 5.75 Å². The number of ether oxygens (including phenoxy) is 1. The number of carbonyl (C=O) groups excluding carboxylic acids is 2. The molecule has 162 valence electrons. The third kappa shape index (κ3) is 6.20. The van der Waals surface area contributed by atoms with Crippen molar-refractivity contribution in [1.29, 1.82) is 0 Å². The van der Waals surface area contributed by atoms with Gasteiger partial charge in [0, 0.05) is 6.04 Å². The van der Waals surface area contributed by atoms with Gasteiger partial charge in [-0.2, -0.15) is 0 Å². The number of amides is 2. The quantitative estimate of drug-likeness (QED) is 0.462. The second-order valence-corrected chi connectivity index (χ2v) is 6.97. The minimum atomic E-state index is -0.287. The van der Waals surface area contributed by atoms with Crippen LogP contribution in [0.1, 0.15) is 41.1 Å². The number of para-hydroxylation sites is 1. The summed E-state index contributed by atoms with van der Waals surface area (Å²) >= 11 is 0. The van der Waals surface area contributed by atoms with Crippen LogP contribution in [0.15, 0.2) is 71.3 Å². The van der Waals surface area contributed by atoms with Crippen LogP contribution in [-0.2, 0) is 11.3 Å². The van der Waals surface area contributed by atoms with Crippen LogP contribution in [0.4, 0.5) is 5.69 Å². The summed E-state index contributed by atoms with van der Waals surface area (Å²) in [6, 6.07) is 18.3. The van der Waals surface area contributed by atoms with Crippen LogP contribution in [0.2, 0.25) is 0 Å². The van der Waals surface area contributed by atoms with Gasteiger partial charge in [0.25, 0.3) is 5.91 Å². The Morgan fingerprint density at radius 2 is 1.81 bits per heavy atom. The fourth-order valence-corrected chi connectivity index (χ4v) is 3.21. The molecule has 0 saturated carbocycles. The summed E-state index contributed by atoms with van der Waals surface area (Å²) < 4.78 is 10.4. The van der Waals surface area contributed by atoms with Crippen LogP contribution in [0.25, 0.3) is 0 Å². The Balaban J connectivity index is 1.57. The first-order valence-electron chi connectivity index (χ1n) is 10.2. The van der Waals surface area contributed by atoms with E-state index in [0.29, 0.717) is 17.0 Å². The second-order valence-electron chi connectivity index (χ2n) is 6.97. The second kappa shape index (κ2) is 11.0. The third-order valence-corrected chi connectivity index (χ3v) is 4.88. The molecule has 7 heteroatoms. The van der Waals surface area contributed by atoms with Crippen LogP contribution >= 0.6 is 0 Å². The summed E-state index contributed by atoms with van der Waals surface area (Å²) in [5.41, 5.74) is 1.93. The van der Waals surface area contributed by atoms with Crippen molar-refractivity contribution >= 4 is 17.5 Å². The molecule has 1 atom stereocenters. The average molecular weight is 421 g/mol. The highest BCUT2D eigenvalue weighted by Gasteiger charge is 2.15. The van der Waals surface area contributed by atoms with Crippen LogP contribution in [0, 0.1) is 0 Å². The Bertz CT molecular complexity index is 984. The Hall–Kier alpha value is -3.58. The van der Waals surface area contributed by atoms with Gasteiger partial charge in [0.15, 0.2) is 0 Å². The van der Waals surface area contributed by atoms with E-state index >= 15 is 0 Å². The van der Waals surface area contributed by atoms with E-state index in [4.69, 9.17) is 9.15 Å². The summed E-state index contributed by atoms with van der Waals surface area (Å²) in [6.45, 7) is 2.45. The normalized spacial score (nSPS) is 11.5. The Morgan fingerprint density at radius 1 is 1.03 bits per heavy atom. The SMILES string of the molecule is CCC(NCC(=O)Nc1ccccc1C(=O)NCc1ccco1)c1ccc(OC)cc1. The van der Waals surface area contributed by atoms with Crippen LogP contribution in [0.3, 0.4) is 0 Å². The minimum Gasteiger partial charge on any atom is -0.497 e. The van der Waals surface area contributed by atoms with E-state index < -0.39 is 0 Å². The van der Waals surface area contributed by atoms with Gasteiger partial charge in [-0.05, 0) is 48.4 Å². The summed E-state index contributed by atoms with van der Waals surface area (Å²) in [4.78, 5) is 25.1. The molecule has 3 aromatic rings. The average Bonchev–Trinajstić information content (AvgIpc) is 3.32. The zero-order valence-electron chi connectivity index (χ0n) is 17.7. The number of hydrogen-bond donors (Lipinski definition) is 3. The molecule has 1 aromatic heterocycles. The predicted octanol–water partition coefficient (Wildman–Crippen LogP) is 3.90. The molecular formula is C24H27N3O4. The molecule has 0 bridgehead atoms. The van der Waals surface area contributed by atoms with Crippen LogP contribution in [-0.4, -0.2) is 25.5 Å². The topological polar surface area (TPSA) is 92.6 Å². The molecular weight excluding hydrogens is 394 g/mol. The first-order valence-corrected chi connectivity index (χ1v) is 10.2. The number of nitrogens with one attached hydrogen (secondary N) is 3. The highest BCUT2D eigenvalue weighted by molar-refractivity contribution is 6.04. The molecule has 0 spiro atoms. The van der Waals surface area contributed by atoms with Crippen molar-refractivity contribution in [2.24, 2.45) is 0 Å². The molecule has 31 heavy (non-hydrogen) atoms. The maximum absolute atomic E-state index is 12.6. The van der Waals surface area contributed by atoms with Gasteiger partial charge in [-0.3, -0.25) is 9.59 Å². The van der Waals surface area contributed by atoms with Crippen molar-refractivity contribution in [2.75, 3.05) is 19.0 Å². The summed E-state index contributed by atoms with van der Waals surface area (Å²) in [5, 5.41) is 8.89. The fourth-order valence-electron chi connectivity index (χ4n) is 3.21. The zero-order chi connectivity index (χ0) is 22.1. The lowest BCUT2D eigenvalue weighted by atomic mass is 10.0. The van der Waals surface area contributed by atoms with Gasteiger partial charge >= 0.3 is 0 Å². The van der Waals surface area contributed by atoms with E-state index in [9.17, 15) is 9.59 Å². The number of anilines is 1. The van der Waals surface area contributed by atoms with Gasteiger partial charge in [0.2, 0.25) is 5.91 Å². The molecule has 0 aliphatic heterocycles. The van der Waals surface area contributed by atoms with Gasteiger partial charge in [-0.1, -0.05) is 31.2 Å². The number of benzene rings is 2. The van der Waals surface area contributed by atoms with Gasteiger partial charge < -0.3 is 25.1 Å². The van der Waals surface area contributed by atoms with Gasteiger partial charge in [-0.15, -0.1) is 0 Å². The van der Waals surface area contributed by atoms with Crippen molar-refractivity contribution in [2.45, 2.75) is 25.9 Å². The van der Waals surface area contributed by atoms with Crippen molar-refractivity contribution < 1.29 is 18.7 Å². The highest BCUT2D eigenvalue weighted by Crippen LogP contribution is 2.20. The van der Waals surface area contributed by atoms with E-state index in [1.54, 1.807) is 49.8 Å². The standard InChI is InChI=1S/C24H27N3O4/c1-3-21(17-10-12-18(30-2)13-11-17)25-16-23(28)27-22-9-5-4-8-20(22)24(29)26-15-19-7-6-14-31-19/h4-14,21,25H,3,15-16H2,1-2H3,(H,26,29)(H,27,28). The molecule has 3 rings (SSSR count). The lowest BCUT2D eigenvalue weighted by molar-refractivity contribution is -0.115. The van der Waals surface area contributed by atoms with Crippen molar-refractivity contribution in [1.82, 2.24) is 10.6 Å². The van der Waals surface area contributed by atoms with E-state index in [-0.39, 0.29) is 30.9 Å². The monoisotopic (exact) mass is 421 g/mol.